The van der Waals surface area contributed by atoms with Crippen LogP contribution in [0.4, 0.5) is 0 Å². The predicted octanol–water partition coefficient (Wildman–Crippen LogP) is -0.683. The zero-order chi connectivity index (χ0) is 23.2. The van der Waals surface area contributed by atoms with Gasteiger partial charge in [0.1, 0.15) is 29.8 Å². The minimum atomic E-state index is -1.67. The number of benzene rings is 1. The van der Waals surface area contributed by atoms with Crippen molar-refractivity contribution in [3.63, 3.8) is 0 Å². The Balaban J connectivity index is 1.58. The van der Waals surface area contributed by atoms with Crippen LogP contribution in [0.2, 0.25) is 0 Å². The molecule has 2 heterocycles. The van der Waals surface area contributed by atoms with Crippen LogP contribution in [0.25, 0.3) is 5.76 Å². The number of fused-ring (bicyclic) bond motifs is 1. The summed E-state index contributed by atoms with van der Waals surface area (Å²) in [4.78, 5) is 0. The molecule has 32 heavy (non-hydrogen) atoms. The third kappa shape index (κ3) is 3.87. The molecule has 1 aromatic rings. The van der Waals surface area contributed by atoms with Gasteiger partial charge in [-0.25, -0.2) is 0 Å². The summed E-state index contributed by atoms with van der Waals surface area (Å²) in [5.41, 5.74) is 0.561. The molecule has 1 aromatic carbocycles. The van der Waals surface area contributed by atoms with Gasteiger partial charge in [-0.05, 0) is 12.1 Å². The van der Waals surface area contributed by atoms with E-state index in [1.54, 1.807) is 0 Å². The molecule has 0 bridgehead atoms. The number of phenolic OH excluding ortho intramolecular Hbond substituents is 2. The summed E-state index contributed by atoms with van der Waals surface area (Å²) < 4.78 is 15.0. The number of allylic oxidation sites excluding steroid dienone is 2. The van der Waals surface area contributed by atoms with E-state index in [-0.39, 0.29) is 34.4 Å². The summed E-state index contributed by atoms with van der Waals surface area (Å²) in [6.07, 6.45) is -4.29. The van der Waals surface area contributed by atoms with Crippen LogP contribution in [-0.2, 0) is 9.47 Å². The Labute approximate surface area is 181 Å². The molecule has 172 valence electrons. The average molecular weight is 451 g/mol. The third-order valence-corrected chi connectivity index (χ3v) is 5.38. The largest absolute Gasteiger partial charge is 0.571 e. The van der Waals surface area contributed by atoms with Gasteiger partial charge in [0.2, 0.25) is 11.9 Å². The van der Waals surface area contributed by atoms with Crippen LogP contribution < -0.4 is 0 Å². The van der Waals surface area contributed by atoms with Crippen LogP contribution in [0.5, 0.6) is 11.5 Å². The molecule has 11 nitrogen and oxygen atoms in total. The minimum absolute atomic E-state index is 0.00374. The molecular weight excluding hydrogens is 428 g/mol. The number of hydrogen-bond donors (Lipinski definition) is 8. The number of rotatable bonds is 4. The highest BCUT2D eigenvalue weighted by molar-refractivity contribution is 5.69. The molecule has 6 atom stereocenters. The fourth-order valence-electron chi connectivity index (χ4n) is 3.67. The van der Waals surface area contributed by atoms with Gasteiger partial charge in [0.05, 0.1) is 23.8 Å². The number of aliphatic hydroxyl groups excluding tert-OH is 6. The topological polar surface area (TPSA) is 193 Å². The Hall–Kier alpha value is -3.22. The Morgan fingerprint density at radius 1 is 0.969 bits per heavy atom. The van der Waals surface area contributed by atoms with Gasteiger partial charge in [0.15, 0.2) is 23.9 Å². The van der Waals surface area contributed by atoms with Crippen molar-refractivity contribution < 1.29 is 55.1 Å². The zero-order valence-electron chi connectivity index (χ0n) is 16.5. The van der Waals surface area contributed by atoms with Gasteiger partial charge >= 0.3 is 5.76 Å². The number of phenols is 2. The van der Waals surface area contributed by atoms with Crippen molar-refractivity contribution >= 4 is 5.76 Å². The van der Waals surface area contributed by atoms with Gasteiger partial charge in [0, 0.05) is 18.2 Å². The van der Waals surface area contributed by atoms with Crippen LogP contribution in [0.3, 0.4) is 0 Å². The summed E-state index contributed by atoms with van der Waals surface area (Å²) in [6.45, 7) is -0.619. The van der Waals surface area contributed by atoms with E-state index in [0.717, 1.165) is 0 Å². The maximum absolute atomic E-state index is 10.4. The van der Waals surface area contributed by atoms with Crippen molar-refractivity contribution in [2.45, 2.75) is 36.8 Å². The Bertz CT molecular complexity index is 1020. The van der Waals surface area contributed by atoms with E-state index in [2.05, 4.69) is 4.74 Å². The van der Waals surface area contributed by atoms with Crippen molar-refractivity contribution in [3.05, 3.63) is 64.8 Å². The molecule has 1 aliphatic carbocycles. The molecule has 0 saturated carbocycles. The van der Waals surface area contributed by atoms with E-state index in [4.69, 9.17) is 14.6 Å². The average Bonchev–Trinajstić information content (AvgIpc) is 2.76. The molecular formula is C21H23O11+. The molecule has 6 unspecified atom stereocenters. The lowest BCUT2D eigenvalue weighted by Gasteiger charge is -2.40. The summed E-state index contributed by atoms with van der Waals surface area (Å²) in [7, 11) is 0. The molecule has 4 rings (SSSR count). The molecule has 0 amide bonds. The quantitative estimate of drug-likeness (QED) is 0.215. The zero-order valence-corrected chi connectivity index (χ0v) is 16.5. The van der Waals surface area contributed by atoms with Crippen molar-refractivity contribution in [1.29, 1.82) is 0 Å². The van der Waals surface area contributed by atoms with E-state index >= 15 is 0 Å². The highest BCUT2D eigenvalue weighted by atomic mass is 16.7. The third-order valence-electron chi connectivity index (χ3n) is 5.38. The second-order valence-electron chi connectivity index (χ2n) is 7.52. The Morgan fingerprint density at radius 2 is 1.72 bits per heavy atom. The number of aliphatic hydroxyl groups is 8. The van der Waals surface area contributed by atoms with E-state index in [1.165, 1.54) is 36.4 Å². The molecule has 0 radical (unpaired) electrons. The molecule has 0 spiro atoms. The fraction of sp³-hybridized carbons (Fsp3) is 0.333. The predicted molar refractivity (Wildman–Crippen MR) is 107 cm³/mol. The Kier molecular flexibility index (Phi) is 5.75. The molecule has 0 aromatic heterocycles. The lowest BCUT2D eigenvalue weighted by molar-refractivity contribution is -0.289. The van der Waals surface area contributed by atoms with Crippen LogP contribution in [0.15, 0.2) is 59.3 Å². The van der Waals surface area contributed by atoms with Gasteiger partial charge in [0.25, 0.3) is 0 Å². The Morgan fingerprint density at radius 3 is 2.41 bits per heavy atom. The second kappa shape index (κ2) is 8.37. The molecule has 2 aliphatic heterocycles. The molecule has 11 heteroatoms. The monoisotopic (exact) mass is 451 g/mol. The highest BCUT2D eigenvalue weighted by Crippen LogP contribution is 2.36. The first-order chi connectivity index (χ1) is 15.2. The van der Waals surface area contributed by atoms with Crippen molar-refractivity contribution in [2.24, 2.45) is 0 Å². The van der Waals surface area contributed by atoms with E-state index in [9.17, 15) is 35.7 Å². The lowest BCUT2D eigenvalue weighted by atomic mass is 9.96. The van der Waals surface area contributed by atoms with Gasteiger partial charge in [-0.1, -0.05) is 0 Å². The van der Waals surface area contributed by atoms with E-state index < -0.39 is 49.2 Å². The summed E-state index contributed by atoms with van der Waals surface area (Å²) in [5.74, 6) is -1.22. The van der Waals surface area contributed by atoms with Gasteiger partial charge in [-0.15, -0.1) is 0 Å². The van der Waals surface area contributed by atoms with Crippen LogP contribution in [0, 0.1) is 0 Å². The number of aromatic hydroxyl groups is 2. The number of hydrogen-bond acceptors (Lipinski definition) is 10. The van der Waals surface area contributed by atoms with Crippen LogP contribution >= 0.6 is 0 Å². The van der Waals surface area contributed by atoms with Crippen molar-refractivity contribution in [1.82, 2.24) is 0 Å². The van der Waals surface area contributed by atoms with Crippen molar-refractivity contribution in [2.75, 3.05) is 6.61 Å². The van der Waals surface area contributed by atoms with Gasteiger partial charge < -0.3 is 55.1 Å². The van der Waals surface area contributed by atoms with Gasteiger partial charge in [-0.2, -0.15) is 0 Å². The smallest absolute Gasteiger partial charge is 0.305 e. The fourth-order valence-corrected chi connectivity index (χ4v) is 3.67. The lowest BCUT2D eigenvalue weighted by Crippen LogP contribution is -2.59. The molecule has 9 N–H and O–H groups in total. The maximum Gasteiger partial charge on any atom is 0.305 e. The van der Waals surface area contributed by atoms with Crippen molar-refractivity contribution in [3.8, 4) is 11.5 Å². The first kappa shape index (κ1) is 22.0. The first-order valence-corrected chi connectivity index (χ1v) is 9.67. The van der Waals surface area contributed by atoms with E-state index in [1.807, 2.05) is 0 Å². The van der Waals surface area contributed by atoms with Crippen LogP contribution in [0.1, 0.15) is 5.56 Å². The normalized spacial score (nSPS) is 32.3. The van der Waals surface area contributed by atoms with Gasteiger partial charge in [-0.3, -0.25) is 0 Å². The standard InChI is InChI=1S/C21H22O11/c22-7-16-17(27)18(28)20(21(29)32-16)30-9-4-12(24)10-6-14(26)19(31-15(10)5-9)8-1-2-11(23)13(25)3-8/h1-6,15-18,20-29H,7H2/p+1. The number of ether oxygens (including phenoxy) is 3. The summed E-state index contributed by atoms with van der Waals surface area (Å²) in [5, 5.41) is 79.5. The molecule has 1 saturated heterocycles. The molecule has 1 fully saturated rings. The second-order valence-corrected chi connectivity index (χ2v) is 7.52. The first-order valence-electron chi connectivity index (χ1n) is 9.67. The summed E-state index contributed by atoms with van der Waals surface area (Å²) in [6, 6.07) is 3.89. The SMILES string of the molecule is OCC1OC(O)C(OC2=CC3[OH+]C(c4ccc(O)c(O)c4)=C(O)C=C3C(O)=C2)C(O)C1O. The maximum atomic E-state index is 10.4. The summed E-state index contributed by atoms with van der Waals surface area (Å²) >= 11 is 0. The van der Waals surface area contributed by atoms with E-state index in [0.29, 0.717) is 5.56 Å². The molecule has 3 aliphatic rings. The highest BCUT2D eigenvalue weighted by Gasteiger charge is 2.46. The van der Waals surface area contributed by atoms with Crippen LogP contribution in [-0.4, -0.2) is 89.0 Å². The minimum Gasteiger partial charge on any atom is -0.571 e.